The zero-order chi connectivity index (χ0) is 16.2. The van der Waals surface area contributed by atoms with Crippen LogP contribution in [-0.2, 0) is 13.0 Å². The van der Waals surface area contributed by atoms with Crippen molar-refractivity contribution in [1.82, 2.24) is 4.57 Å². The normalized spacial score (nSPS) is 10.9. The summed E-state index contributed by atoms with van der Waals surface area (Å²) in [5, 5.41) is 1.29. The second-order valence-corrected chi connectivity index (χ2v) is 5.77. The molecule has 3 heteroatoms. The van der Waals surface area contributed by atoms with Gasteiger partial charge in [-0.3, -0.25) is 0 Å². The van der Waals surface area contributed by atoms with Crippen LogP contribution in [0.25, 0.3) is 10.9 Å². The lowest BCUT2D eigenvalue weighted by atomic mass is 10.1. The van der Waals surface area contributed by atoms with E-state index in [1.54, 1.807) is 14.2 Å². The van der Waals surface area contributed by atoms with Crippen molar-refractivity contribution in [2.45, 2.75) is 26.3 Å². The number of rotatable bonds is 6. The standard InChI is InChI=1S/C20H23NO2/c1-4-6-16-14-21(13-15-7-5-8-17(11-15)22-2)20-10-9-18(23-3)12-19(16)20/h5,7-12,14H,4,6,13H2,1-3H3. The van der Waals surface area contributed by atoms with E-state index in [2.05, 4.69) is 42.0 Å². The molecular weight excluding hydrogens is 286 g/mol. The van der Waals surface area contributed by atoms with Crippen LogP contribution in [0.1, 0.15) is 24.5 Å². The minimum atomic E-state index is 0.837. The molecule has 0 unspecified atom stereocenters. The number of hydrogen-bond donors (Lipinski definition) is 0. The van der Waals surface area contributed by atoms with Gasteiger partial charge in [0.2, 0.25) is 0 Å². The molecule has 0 fully saturated rings. The highest BCUT2D eigenvalue weighted by atomic mass is 16.5. The van der Waals surface area contributed by atoms with Crippen molar-refractivity contribution in [3.63, 3.8) is 0 Å². The Hall–Kier alpha value is -2.42. The van der Waals surface area contributed by atoms with E-state index >= 15 is 0 Å². The number of benzene rings is 2. The van der Waals surface area contributed by atoms with Gasteiger partial charge in [-0.2, -0.15) is 0 Å². The second kappa shape index (κ2) is 6.78. The monoisotopic (exact) mass is 309 g/mol. The summed E-state index contributed by atoms with van der Waals surface area (Å²) in [6.07, 6.45) is 4.48. The first-order valence-electron chi connectivity index (χ1n) is 8.04. The van der Waals surface area contributed by atoms with E-state index in [-0.39, 0.29) is 0 Å². The van der Waals surface area contributed by atoms with Crippen molar-refractivity contribution in [2.75, 3.05) is 14.2 Å². The molecule has 0 aliphatic heterocycles. The molecule has 0 aliphatic rings. The molecule has 0 aliphatic carbocycles. The quantitative estimate of drug-likeness (QED) is 0.661. The van der Waals surface area contributed by atoms with Crippen molar-refractivity contribution in [3.05, 3.63) is 59.8 Å². The predicted molar refractivity (Wildman–Crippen MR) is 94.6 cm³/mol. The minimum Gasteiger partial charge on any atom is -0.497 e. The number of aryl methyl sites for hydroxylation is 1. The summed E-state index contributed by atoms with van der Waals surface area (Å²) >= 11 is 0. The lowest BCUT2D eigenvalue weighted by Crippen LogP contribution is -1.98. The van der Waals surface area contributed by atoms with Gasteiger partial charge in [-0.25, -0.2) is 0 Å². The number of methoxy groups -OCH3 is 2. The number of hydrogen-bond acceptors (Lipinski definition) is 2. The van der Waals surface area contributed by atoms with Crippen LogP contribution in [0.5, 0.6) is 11.5 Å². The molecule has 0 N–H and O–H groups in total. The van der Waals surface area contributed by atoms with Gasteiger partial charge in [0.25, 0.3) is 0 Å². The molecule has 3 rings (SSSR count). The van der Waals surface area contributed by atoms with Crippen LogP contribution in [0.4, 0.5) is 0 Å². The van der Waals surface area contributed by atoms with Crippen molar-refractivity contribution in [1.29, 1.82) is 0 Å². The number of fused-ring (bicyclic) bond motifs is 1. The molecule has 0 bridgehead atoms. The summed E-state index contributed by atoms with van der Waals surface area (Å²) < 4.78 is 13.0. The van der Waals surface area contributed by atoms with Crippen LogP contribution in [-0.4, -0.2) is 18.8 Å². The fourth-order valence-electron chi connectivity index (χ4n) is 3.04. The van der Waals surface area contributed by atoms with Crippen molar-refractivity contribution >= 4 is 10.9 Å². The van der Waals surface area contributed by atoms with E-state index < -0.39 is 0 Å². The van der Waals surface area contributed by atoms with Crippen LogP contribution in [0, 0.1) is 0 Å². The fraction of sp³-hybridized carbons (Fsp3) is 0.300. The maximum atomic E-state index is 5.39. The summed E-state index contributed by atoms with van der Waals surface area (Å²) in [4.78, 5) is 0. The zero-order valence-corrected chi connectivity index (χ0v) is 14.0. The third-order valence-electron chi connectivity index (χ3n) is 4.18. The molecule has 0 radical (unpaired) electrons. The molecule has 0 saturated heterocycles. The van der Waals surface area contributed by atoms with E-state index in [0.717, 1.165) is 30.9 Å². The molecule has 3 aromatic rings. The molecule has 0 amide bonds. The summed E-state index contributed by atoms with van der Waals surface area (Å²) in [5.41, 5.74) is 3.86. The average molecular weight is 309 g/mol. The molecule has 0 atom stereocenters. The van der Waals surface area contributed by atoms with Gasteiger partial charge in [0.05, 0.1) is 14.2 Å². The Balaban J connectivity index is 2.02. The van der Waals surface area contributed by atoms with Gasteiger partial charge < -0.3 is 14.0 Å². The lowest BCUT2D eigenvalue weighted by Gasteiger charge is -2.08. The Morgan fingerprint density at radius 1 is 0.957 bits per heavy atom. The van der Waals surface area contributed by atoms with E-state index in [9.17, 15) is 0 Å². The summed E-state index contributed by atoms with van der Waals surface area (Å²) in [5.74, 6) is 1.81. The van der Waals surface area contributed by atoms with Crippen LogP contribution in [0.15, 0.2) is 48.7 Å². The predicted octanol–water partition coefficient (Wildman–Crippen LogP) is 4.66. The first-order chi connectivity index (χ1) is 11.2. The SMILES string of the molecule is CCCc1cn(Cc2cccc(OC)c2)c2ccc(OC)cc12. The van der Waals surface area contributed by atoms with E-state index in [1.165, 1.54) is 22.0 Å². The van der Waals surface area contributed by atoms with E-state index in [1.807, 2.05) is 18.2 Å². The van der Waals surface area contributed by atoms with Gasteiger partial charge in [-0.05, 0) is 47.9 Å². The van der Waals surface area contributed by atoms with E-state index in [0.29, 0.717) is 0 Å². The molecule has 3 nitrogen and oxygen atoms in total. The van der Waals surface area contributed by atoms with Crippen molar-refractivity contribution in [3.8, 4) is 11.5 Å². The van der Waals surface area contributed by atoms with Gasteiger partial charge in [0.15, 0.2) is 0 Å². The Morgan fingerprint density at radius 3 is 2.48 bits per heavy atom. The van der Waals surface area contributed by atoms with Crippen LogP contribution in [0.3, 0.4) is 0 Å². The lowest BCUT2D eigenvalue weighted by molar-refractivity contribution is 0.414. The fourth-order valence-corrected chi connectivity index (χ4v) is 3.04. The first kappa shape index (κ1) is 15.5. The molecule has 1 aromatic heterocycles. The van der Waals surface area contributed by atoms with Gasteiger partial charge in [0, 0.05) is 23.6 Å². The number of nitrogens with zero attached hydrogens (tertiary/aromatic N) is 1. The zero-order valence-electron chi connectivity index (χ0n) is 14.0. The van der Waals surface area contributed by atoms with Gasteiger partial charge in [0.1, 0.15) is 11.5 Å². The number of aromatic nitrogens is 1. The topological polar surface area (TPSA) is 23.4 Å². The Labute approximate surface area is 137 Å². The molecular formula is C20H23NO2. The molecule has 23 heavy (non-hydrogen) atoms. The third kappa shape index (κ3) is 3.19. The minimum absolute atomic E-state index is 0.837. The first-order valence-corrected chi connectivity index (χ1v) is 8.04. The van der Waals surface area contributed by atoms with Gasteiger partial charge in [-0.1, -0.05) is 25.5 Å². The Bertz CT molecular complexity index is 805. The van der Waals surface area contributed by atoms with Gasteiger partial charge in [-0.15, -0.1) is 0 Å². The largest absolute Gasteiger partial charge is 0.497 e. The van der Waals surface area contributed by atoms with Crippen LogP contribution >= 0.6 is 0 Å². The molecule has 120 valence electrons. The summed E-state index contributed by atoms with van der Waals surface area (Å²) in [6, 6.07) is 14.6. The molecule has 1 heterocycles. The Morgan fingerprint density at radius 2 is 1.74 bits per heavy atom. The van der Waals surface area contributed by atoms with Crippen molar-refractivity contribution in [2.24, 2.45) is 0 Å². The maximum Gasteiger partial charge on any atom is 0.119 e. The van der Waals surface area contributed by atoms with Crippen molar-refractivity contribution < 1.29 is 9.47 Å². The highest BCUT2D eigenvalue weighted by Crippen LogP contribution is 2.28. The summed E-state index contributed by atoms with van der Waals surface area (Å²) in [6.45, 7) is 3.05. The average Bonchev–Trinajstić information content (AvgIpc) is 2.92. The van der Waals surface area contributed by atoms with Crippen LogP contribution in [0.2, 0.25) is 0 Å². The highest BCUT2D eigenvalue weighted by molar-refractivity contribution is 5.85. The van der Waals surface area contributed by atoms with E-state index in [4.69, 9.17) is 9.47 Å². The second-order valence-electron chi connectivity index (χ2n) is 5.77. The Kier molecular flexibility index (Phi) is 4.56. The molecule has 0 spiro atoms. The number of ether oxygens (including phenoxy) is 2. The summed E-state index contributed by atoms with van der Waals surface area (Å²) in [7, 11) is 3.42. The third-order valence-corrected chi connectivity index (χ3v) is 4.18. The smallest absolute Gasteiger partial charge is 0.119 e. The molecule has 0 saturated carbocycles. The maximum absolute atomic E-state index is 5.39. The van der Waals surface area contributed by atoms with Crippen LogP contribution < -0.4 is 9.47 Å². The highest BCUT2D eigenvalue weighted by Gasteiger charge is 2.10. The molecule has 2 aromatic carbocycles. The van der Waals surface area contributed by atoms with Gasteiger partial charge >= 0.3 is 0 Å².